The number of aromatic nitrogens is 6. The highest BCUT2D eigenvalue weighted by molar-refractivity contribution is 7.15. The number of carbonyl (C=O) groups is 1. The summed E-state index contributed by atoms with van der Waals surface area (Å²) in [5.41, 5.74) is 6.89. The van der Waals surface area contributed by atoms with Crippen LogP contribution in [0.5, 0.6) is 0 Å². The molecule has 0 unspecified atom stereocenters. The van der Waals surface area contributed by atoms with Gasteiger partial charge in [-0.2, -0.15) is 5.10 Å². The van der Waals surface area contributed by atoms with Gasteiger partial charge in [0.2, 0.25) is 5.91 Å². The summed E-state index contributed by atoms with van der Waals surface area (Å²) >= 11 is 1.71. The number of aryl methyl sites for hydroxylation is 1. The third-order valence-electron chi connectivity index (χ3n) is 7.72. The molecule has 0 aliphatic heterocycles. The van der Waals surface area contributed by atoms with Crippen LogP contribution in [-0.2, 0) is 4.79 Å². The fraction of sp³-hybridized carbons (Fsp3) is 0.258. The molecule has 200 valence electrons. The van der Waals surface area contributed by atoms with Gasteiger partial charge in [-0.3, -0.25) is 19.9 Å². The van der Waals surface area contributed by atoms with Crippen LogP contribution >= 0.6 is 11.3 Å². The number of imidazole rings is 1. The lowest BCUT2D eigenvalue weighted by atomic mass is 9.87. The van der Waals surface area contributed by atoms with E-state index in [0.29, 0.717) is 23.9 Å². The summed E-state index contributed by atoms with van der Waals surface area (Å²) in [6.45, 7) is 2.09. The van der Waals surface area contributed by atoms with Crippen LogP contribution in [0, 0.1) is 12.8 Å². The van der Waals surface area contributed by atoms with E-state index in [2.05, 4.69) is 55.6 Å². The molecule has 1 aliphatic rings. The molecule has 0 bridgehead atoms. The number of aromatic amines is 2. The number of fused-ring (bicyclic) bond motifs is 2. The lowest BCUT2D eigenvalue weighted by Gasteiger charge is -2.20. The second kappa shape index (κ2) is 10.3. The van der Waals surface area contributed by atoms with Crippen molar-refractivity contribution in [1.29, 1.82) is 0 Å². The van der Waals surface area contributed by atoms with E-state index >= 15 is 0 Å². The molecule has 0 saturated heterocycles. The smallest absolute Gasteiger partial charge is 0.224 e. The molecule has 1 saturated carbocycles. The molecular formula is C31H29N7OS. The Hall–Kier alpha value is -4.37. The number of benzene rings is 1. The summed E-state index contributed by atoms with van der Waals surface area (Å²) in [7, 11) is 0. The number of nitrogens with one attached hydrogen (secondary N) is 3. The van der Waals surface area contributed by atoms with Crippen LogP contribution in [0.3, 0.4) is 0 Å². The van der Waals surface area contributed by atoms with Gasteiger partial charge in [0.1, 0.15) is 16.9 Å². The summed E-state index contributed by atoms with van der Waals surface area (Å²) in [6.07, 6.45) is 12.0. The minimum absolute atomic E-state index is 0.0647. The Labute approximate surface area is 235 Å². The molecule has 0 spiro atoms. The molecule has 1 fully saturated rings. The molecule has 9 heteroatoms. The first kappa shape index (κ1) is 24.7. The van der Waals surface area contributed by atoms with Crippen molar-refractivity contribution in [2.24, 2.45) is 5.92 Å². The normalized spacial score (nSPS) is 14.2. The monoisotopic (exact) mass is 547 g/mol. The van der Waals surface area contributed by atoms with E-state index in [-0.39, 0.29) is 5.91 Å². The number of nitrogens with zero attached hydrogens (tertiary/aromatic N) is 4. The van der Waals surface area contributed by atoms with E-state index < -0.39 is 0 Å². The van der Waals surface area contributed by atoms with Crippen LogP contribution in [0.15, 0.2) is 61.1 Å². The Morgan fingerprint density at radius 2 is 1.90 bits per heavy atom. The van der Waals surface area contributed by atoms with Gasteiger partial charge in [-0.15, -0.1) is 11.3 Å². The van der Waals surface area contributed by atoms with Gasteiger partial charge >= 0.3 is 0 Å². The molecule has 0 atom stereocenters. The molecule has 3 N–H and O–H groups in total. The van der Waals surface area contributed by atoms with Gasteiger partial charge in [0.15, 0.2) is 5.82 Å². The highest BCUT2D eigenvalue weighted by Gasteiger charge is 2.19. The molecule has 1 amide bonds. The van der Waals surface area contributed by atoms with Crippen molar-refractivity contribution in [3.8, 4) is 33.2 Å². The quantitative estimate of drug-likeness (QED) is 0.200. The molecule has 0 radical (unpaired) electrons. The van der Waals surface area contributed by atoms with Crippen LogP contribution in [0.1, 0.15) is 43.4 Å². The summed E-state index contributed by atoms with van der Waals surface area (Å²) in [5, 5.41) is 11.8. The lowest BCUT2D eigenvalue weighted by Crippen LogP contribution is -2.18. The molecule has 6 aromatic rings. The SMILES string of the molecule is Cc1ccc(-c2nccc3[nH]c(-c4n[nH]c5ccc(-c6cncc(NC(=O)CC7CCCCC7)c6)cc45)nc23)s1. The summed E-state index contributed by atoms with van der Waals surface area (Å²) in [5.74, 6) is 1.24. The van der Waals surface area contributed by atoms with Crippen LogP contribution in [0.2, 0.25) is 0 Å². The van der Waals surface area contributed by atoms with Crippen LogP contribution in [-0.4, -0.2) is 36.0 Å². The lowest BCUT2D eigenvalue weighted by molar-refractivity contribution is -0.117. The Kier molecular flexibility index (Phi) is 6.36. The first-order chi connectivity index (χ1) is 19.6. The van der Waals surface area contributed by atoms with Gasteiger partial charge in [-0.1, -0.05) is 25.3 Å². The van der Waals surface area contributed by atoms with Crippen molar-refractivity contribution in [1.82, 2.24) is 30.1 Å². The van der Waals surface area contributed by atoms with Crippen molar-refractivity contribution in [3.63, 3.8) is 0 Å². The Morgan fingerprint density at radius 3 is 2.75 bits per heavy atom. The number of hydrogen-bond donors (Lipinski definition) is 3. The third kappa shape index (κ3) is 4.77. The summed E-state index contributed by atoms with van der Waals surface area (Å²) < 4.78 is 0. The van der Waals surface area contributed by atoms with Gasteiger partial charge < -0.3 is 10.3 Å². The number of pyridine rings is 2. The average molecular weight is 548 g/mol. The van der Waals surface area contributed by atoms with E-state index in [1.165, 1.54) is 24.1 Å². The largest absolute Gasteiger partial charge is 0.336 e. The molecular weight excluding hydrogens is 518 g/mol. The number of carbonyl (C=O) groups excluding carboxylic acids is 1. The van der Waals surface area contributed by atoms with Gasteiger partial charge in [0.05, 0.1) is 27.8 Å². The summed E-state index contributed by atoms with van der Waals surface area (Å²) in [4.78, 5) is 32.4. The summed E-state index contributed by atoms with van der Waals surface area (Å²) in [6, 6.07) is 14.3. The number of hydrogen-bond acceptors (Lipinski definition) is 6. The van der Waals surface area contributed by atoms with Gasteiger partial charge in [-0.25, -0.2) is 4.98 Å². The van der Waals surface area contributed by atoms with Gasteiger partial charge in [0, 0.05) is 34.6 Å². The Morgan fingerprint density at radius 1 is 1.00 bits per heavy atom. The number of rotatable bonds is 6. The van der Waals surface area contributed by atoms with Crippen molar-refractivity contribution in [2.45, 2.75) is 45.4 Å². The Balaban J connectivity index is 1.19. The molecule has 8 nitrogen and oxygen atoms in total. The topological polar surface area (TPSA) is 112 Å². The maximum absolute atomic E-state index is 12.7. The van der Waals surface area contributed by atoms with Crippen molar-refractivity contribution < 1.29 is 4.79 Å². The van der Waals surface area contributed by atoms with E-state index in [4.69, 9.17) is 4.98 Å². The second-order valence-corrected chi connectivity index (χ2v) is 11.9. The average Bonchev–Trinajstić information content (AvgIpc) is 3.71. The molecule has 1 aliphatic carbocycles. The highest BCUT2D eigenvalue weighted by atomic mass is 32.1. The van der Waals surface area contributed by atoms with Gasteiger partial charge in [-0.05, 0) is 67.6 Å². The van der Waals surface area contributed by atoms with E-state index in [1.54, 1.807) is 17.5 Å². The first-order valence-electron chi connectivity index (χ1n) is 13.8. The number of thiophene rings is 1. The molecule has 1 aromatic carbocycles. The fourth-order valence-electron chi connectivity index (χ4n) is 5.70. The number of anilines is 1. The van der Waals surface area contributed by atoms with Crippen molar-refractivity contribution in [3.05, 3.63) is 65.9 Å². The van der Waals surface area contributed by atoms with Crippen LogP contribution in [0.4, 0.5) is 5.69 Å². The zero-order valence-corrected chi connectivity index (χ0v) is 23.0. The minimum atomic E-state index is 0.0647. The maximum atomic E-state index is 12.7. The van der Waals surface area contributed by atoms with E-state index in [0.717, 1.165) is 62.2 Å². The Bertz CT molecular complexity index is 1840. The zero-order chi connectivity index (χ0) is 27.1. The van der Waals surface area contributed by atoms with Gasteiger partial charge in [0.25, 0.3) is 0 Å². The van der Waals surface area contributed by atoms with Crippen molar-refractivity contribution >= 4 is 44.9 Å². The molecule has 40 heavy (non-hydrogen) atoms. The predicted octanol–water partition coefficient (Wildman–Crippen LogP) is 7.51. The van der Waals surface area contributed by atoms with Crippen molar-refractivity contribution in [2.75, 3.05) is 5.32 Å². The molecule has 5 aromatic heterocycles. The highest BCUT2D eigenvalue weighted by Crippen LogP contribution is 2.34. The third-order valence-corrected chi connectivity index (χ3v) is 8.72. The fourth-order valence-corrected chi connectivity index (χ4v) is 6.56. The minimum Gasteiger partial charge on any atom is -0.336 e. The van der Waals surface area contributed by atoms with Crippen LogP contribution < -0.4 is 5.32 Å². The van der Waals surface area contributed by atoms with E-state index in [1.807, 2.05) is 36.7 Å². The molecule has 7 rings (SSSR count). The van der Waals surface area contributed by atoms with E-state index in [9.17, 15) is 4.79 Å². The standard InChI is InChI=1S/C31H29N7OS/c1-18-7-10-26(40-18)30-29-25(11-12-33-30)35-31(36-29)28-23-15-20(8-9-24(23)37-38-28)21-14-22(17-32-16-21)34-27(39)13-19-5-3-2-4-6-19/h7-12,14-17,19H,2-6,13H2,1H3,(H,34,39)(H,35,36)(H,37,38). The first-order valence-corrected chi connectivity index (χ1v) is 14.6. The maximum Gasteiger partial charge on any atom is 0.224 e. The second-order valence-electron chi connectivity index (χ2n) is 10.6. The number of H-pyrrole nitrogens is 2. The zero-order valence-electron chi connectivity index (χ0n) is 22.2. The molecule has 5 heterocycles. The number of amides is 1. The predicted molar refractivity (Wildman–Crippen MR) is 160 cm³/mol. The van der Waals surface area contributed by atoms with Crippen LogP contribution in [0.25, 0.3) is 55.2 Å².